The van der Waals surface area contributed by atoms with Crippen LogP contribution in [0.25, 0.3) is 0 Å². The Morgan fingerprint density at radius 3 is 2.76 bits per heavy atom. The number of anilines is 2. The van der Waals surface area contributed by atoms with Crippen LogP contribution in [0.3, 0.4) is 0 Å². The van der Waals surface area contributed by atoms with Crippen molar-refractivity contribution in [3.8, 4) is 0 Å². The summed E-state index contributed by atoms with van der Waals surface area (Å²) >= 11 is 1.56. The molecule has 2 rings (SSSR count). The van der Waals surface area contributed by atoms with E-state index in [0.717, 1.165) is 23.7 Å². The van der Waals surface area contributed by atoms with Gasteiger partial charge in [0.15, 0.2) is 0 Å². The predicted molar refractivity (Wildman–Crippen MR) is 86.0 cm³/mol. The van der Waals surface area contributed by atoms with Crippen molar-refractivity contribution in [2.45, 2.75) is 26.3 Å². The Bertz CT molecular complexity index is 601. The Kier molecular flexibility index (Phi) is 5.10. The zero-order valence-corrected chi connectivity index (χ0v) is 12.8. The first-order chi connectivity index (χ1) is 10.1. The van der Waals surface area contributed by atoms with E-state index in [-0.39, 0.29) is 16.7 Å². The third-order valence-electron chi connectivity index (χ3n) is 2.91. The second kappa shape index (κ2) is 7.03. The molecular weight excluding hydrogens is 288 g/mol. The minimum atomic E-state index is -0.379. The first-order valence-corrected chi connectivity index (χ1v) is 7.67. The molecule has 0 bridgehead atoms. The van der Waals surface area contributed by atoms with Crippen molar-refractivity contribution in [1.82, 2.24) is 4.98 Å². The molecule has 6 nitrogen and oxygen atoms in total. The van der Waals surface area contributed by atoms with E-state index < -0.39 is 0 Å². The molecule has 0 fully saturated rings. The van der Waals surface area contributed by atoms with Gasteiger partial charge in [0.05, 0.1) is 11.0 Å². The summed E-state index contributed by atoms with van der Waals surface area (Å²) in [4.78, 5) is 14.9. The lowest BCUT2D eigenvalue weighted by Crippen LogP contribution is -2.07. The van der Waals surface area contributed by atoms with Gasteiger partial charge in [-0.2, -0.15) is 0 Å². The molecule has 1 unspecified atom stereocenters. The number of thiazole rings is 1. The molecule has 0 radical (unpaired) electrons. The quantitative estimate of drug-likeness (QED) is 0.596. The molecule has 0 aliphatic carbocycles. The van der Waals surface area contributed by atoms with Crippen LogP contribution >= 0.6 is 11.3 Å². The highest BCUT2D eigenvalue weighted by Gasteiger charge is 2.13. The van der Waals surface area contributed by atoms with Crippen molar-refractivity contribution < 1.29 is 4.92 Å². The number of aromatic nitrogens is 1. The lowest BCUT2D eigenvalue weighted by Gasteiger charge is -2.14. The molecule has 1 atom stereocenters. The molecule has 0 aliphatic rings. The van der Waals surface area contributed by atoms with E-state index >= 15 is 0 Å². The van der Waals surface area contributed by atoms with Gasteiger partial charge in [-0.25, -0.2) is 4.98 Å². The van der Waals surface area contributed by atoms with E-state index in [9.17, 15) is 10.1 Å². The van der Waals surface area contributed by atoms with Crippen LogP contribution < -0.4 is 10.6 Å². The standard InChI is InChI=1S/C14H18N4O2S/c1-3-4-15-11-7-12(9-13(8-11)18(19)20)17-10(2)14-16-5-6-21-14/h5-10,15,17H,3-4H2,1-2H3. The van der Waals surface area contributed by atoms with Crippen LogP contribution in [0.2, 0.25) is 0 Å². The van der Waals surface area contributed by atoms with E-state index in [1.165, 1.54) is 0 Å². The van der Waals surface area contributed by atoms with Gasteiger partial charge < -0.3 is 10.6 Å². The van der Waals surface area contributed by atoms with Gasteiger partial charge >= 0.3 is 0 Å². The van der Waals surface area contributed by atoms with Gasteiger partial charge in [-0.1, -0.05) is 6.92 Å². The summed E-state index contributed by atoms with van der Waals surface area (Å²) in [6.07, 6.45) is 2.71. The first kappa shape index (κ1) is 15.2. The van der Waals surface area contributed by atoms with Crippen molar-refractivity contribution in [2.75, 3.05) is 17.2 Å². The Balaban J connectivity index is 2.20. The van der Waals surface area contributed by atoms with Gasteiger partial charge in [-0.15, -0.1) is 11.3 Å². The molecule has 0 amide bonds. The summed E-state index contributed by atoms with van der Waals surface area (Å²) in [5.41, 5.74) is 1.54. The van der Waals surface area contributed by atoms with Gasteiger partial charge in [-0.3, -0.25) is 10.1 Å². The smallest absolute Gasteiger partial charge is 0.273 e. The minimum Gasteiger partial charge on any atom is -0.385 e. The molecule has 21 heavy (non-hydrogen) atoms. The van der Waals surface area contributed by atoms with Crippen LogP contribution in [-0.4, -0.2) is 16.5 Å². The summed E-state index contributed by atoms with van der Waals surface area (Å²) < 4.78 is 0. The summed E-state index contributed by atoms with van der Waals surface area (Å²) in [6.45, 7) is 4.81. The molecule has 0 saturated heterocycles. The largest absolute Gasteiger partial charge is 0.385 e. The zero-order valence-electron chi connectivity index (χ0n) is 12.0. The van der Waals surface area contributed by atoms with Crippen LogP contribution in [0, 0.1) is 10.1 Å². The maximum atomic E-state index is 11.0. The fourth-order valence-corrected chi connectivity index (χ4v) is 2.58. The van der Waals surface area contributed by atoms with Gasteiger partial charge in [-0.05, 0) is 19.4 Å². The first-order valence-electron chi connectivity index (χ1n) is 6.79. The van der Waals surface area contributed by atoms with Crippen LogP contribution in [0.4, 0.5) is 17.1 Å². The molecule has 2 N–H and O–H groups in total. The lowest BCUT2D eigenvalue weighted by atomic mass is 10.2. The number of hydrogen-bond donors (Lipinski definition) is 2. The van der Waals surface area contributed by atoms with Gasteiger partial charge in [0.25, 0.3) is 5.69 Å². The maximum absolute atomic E-state index is 11.0. The lowest BCUT2D eigenvalue weighted by molar-refractivity contribution is -0.384. The van der Waals surface area contributed by atoms with Gasteiger partial charge in [0, 0.05) is 41.6 Å². The van der Waals surface area contributed by atoms with Crippen molar-refractivity contribution >= 4 is 28.4 Å². The number of nitrogens with one attached hydrogen (secondary N) is 2. The predicted octanol–water partition coefficient (Wildman–Crippen LogP) is 4.05. The highest BCUT2D eigenvalue weighted by Crippen LogP contribution is 2.28. The van der Waals surface area contributed by atoms with Crippen molar-refractivity contribution in [2.24, 2.45) is 0 Å². The number of hydrogen-bond acceptors (Lipinski definition) is 6. The van der Waals surface area contributed by atoms with Crippen molar-refractivity contribution in [3.63, 3.8) is 0 Å². The fraction of sp³-hybridized carbons (Fsp3) is 0.357. The monoisotopic (exact) mass is 306 g/mol. The van der Waals surface area contributed by atoms with Crippen molar-refractivity contribution in [3.05, 3.63) is 44.9 Å². The highest BCUT2D eigenvalue weighted by molar-refractivity contribution is 7.09. The fourth-order valence-electron chi connectivity index (χ4n) is 1.93. The summed E-state index contributed by atoms with van der Waals surface area (Å²) in [5.74, 6) is 0. The molecule has 2 aromatic rings. The third-order valence-corrected chi connectivity index (χ3v) is 3.87. The van der Waals surface area contributed by atoms with Crippen LogP contribution in [0.15, 0.2) is 29.8 Å². The average molecular weight is 306 g/mol. The molecule has 0 spiro atoms. The molecule has 0 saturated carbocycles. The topological polar surface area (TPSA) is 80.1 Å². The SMILES string of the molecule is CCCNc1cc(NC(C)c2nccs2)cc([N+](=O)[O-])c1. The number of nitrogens with zero attached hydrogens (tertiary/aromatic N) is 2. The molecule has 1 aromatic carbocycles. The number of nitro groups is 1. The second-order valence-electron chi connectivity index (χ2n) is 4.69. The van der Waals surface area contributed by atoms with Gasteiger partial charge in [0.1, 0.15) is 5.01 Å². The summed E-state index contributed by atoms with van der Waals surface area (Å²) in [7, 11) is 0. The minimum absolute atomic E-state index is 0.00558. The maximum Gasteiger partial charge on any atom is 0.273 e. The molecular formula is C14H18N4O2S. The molecule has 0 aliphatic heterocycles. The highest BCUT2D eigenvalue weighted by atomic mass is 32.1. The molecule has 112 valence electrons. The Morgan fingerprint density at radius 2 is 2.14 bits per heavy atom. The van der Waals surface area contributed by atoms with Crippen LogP contribution in [-0.2, 0) is 0 Å². The number of nitro benzene ring substituents is 1. The Morgan fingerprint density at radius 1 is 1.38 bits per heavy atom. The number of non-ortho nitro benzene ring substituents is 1. The van der Waals surface area contributed by atoms with Crippen LogP contribution in [0.5, 0.6) is 0 Å². The molecule has 7 heteroatoms. The van der Waals surface area contributed by atoms with Gasteiger partial charge in [0.2, 0.25) is 0 Å². The summed E-state index contributed by atoms with van der Waals surface area (Å²) in [6, 6.07) is 4.98. The molecule has 1 aromatic heterocycles. The van der Waals surface area contributed by atoms with E-state index in [4.69, 9.17) is 0 Å². The summed E-state index contributed by atoms with van der Waals surface area (Å²) in [5, 5.41) is 20.3. The Hall–Kier alpha value is -2.15. The van der Waals surface area contributed by atoms with Crippen LogP contribution in [0.1, 0.15) is 31.3 Å². The normalized spacial score (nSPS) is 11.9. The average Bonchev–Trinajstić information content (AvgIpc) is 2.99. The van der Waals surface area contributed by atoms with E-state index in [1.807, 2.05) is 25.3 Å². The Labute approximate surface area is 127 Å². The van der Waals surface area contributed by atoms with E-state index in [2.05, 4.69) is 15.6 Å². The number of rotatable bonds is 7. The zero-order chi connectivity index (χ0) is 15.2. The second-order valence-corrected chi connectivity index (χ2v) is 5.61. The van der Waals surface area contributed by atoms with E-state index in [1.54, 1.807) is 29.7 Å². The molecule has 1 heterocycles. The van der Waals surface area contributed by atoms with Crippen molar-refractivity contribution in [1.29, 1.82) is 0 Å². The number of benzene rings is 1. The third kappa shape index (κ3) is 4.16. The van der Waals surface area contributed by atoms with E-state index in [0.29, 0.717) is 5.69 Å².